The molecule has 1 heterocycles. The fourth-order valence-electron chi connectivity index (χ4n) is 1.96. The Bertz CT molecular complexity index is 288. The summed E-state index contributed by atoms with van der Waals surface area (Å²) in [4.78, 5) is 0. The summed E-state index contributed by atoms with van der Waals surface area (Å²) in [5, 5.41) is 3.15. The summed E-state index contributed by atoms with van der Waals surface area (Å²) in [5.41, 5.74) is 0. The summed E-state index contributed by atoms with van der Waals surface area (Å²) in [6, 6.07) is 0.320. The van der Waals surface area contributed by atoms with Gasteiger partial charge in [-0.05, 0) is 25.8 Å². The second-order valence-electron chi connectivity index (χ2n) is 4.66. The summed E-state index contributed by atoms with van der Waals surface area (Å²) in [6.45, 7) is 5.20. The van der Waals surface area contributed by atoms with Crippen molar-refractivity contribution in [3.63, 3.8) is 0 Å². The van der Waals surface area contributed by atoms with E-state index < -0.39 is 10.0 Å². The molecule has 1 atom stereocenters. The third-order valence-corrected chi connectivity index (χ3v) is 4.94. The molecule has 0 saturated carbocycles. The Morgan fingerprint density at radius 1 is 1.47 bits per heavy atom. The second kappa shape index (κ2) is 5.27. The van der Waals surface area contributed by atoms with Crippen LogP contribution >= 0.6 is 0 Å². The second-order valence-corrected chi connectivity index (χ2v) is 6.67. The van der Waals surface area contributed by atoms with Gasteiger partial charge in [0.2, 0.25) is 10.0 Å². The molecule has 4 nitrogen and oxygen atoms in total. The van der Waals surface area contributed by atoms with Crippen LogP contribution in [-0.2, 0) is 10.0 Å². The van der Waals surface area contributed by atoms with Gasteiger partial charge in [-0.2, -0.15) is 0 Å². The van der Waals surface area contributed by atoms with Crippen LogP contribution in [0.4, 0.5) is 0 Å². The summed E-state index contributed by atoms with van der Waals surface area (Å²) in [7, 11) is -1.14. The van der Waals surface area contributed by atoms with Crippen LogP contribution in [0.2, 0.25) is 0 Å². The van der Waals surface area contributed by atoms with Gasteiger partial charge in [0, 0.05) is 19.1 Å². The van der Waals surface area contributed by atoms with Crippen LogP contribution in [0, 0.1) is 5.92 Å². The van der Waals surface area contributed by atoms with Gasteiger partial charge in [0.25, 0.3) is 0 Å². The minimum atomic E-state index is -3.03. The van der Waals surface area contributed by atoms with Crippen molar-refractivity contribution in [2.75, 3.05) is 25.9 Å². The average molecular weight is 234 g/mol. The number of nitrogens with one attached hydrogen (secondary N) is 1. The highest BCUT2D eigenvalue weighted by Gasteiger charge is 2.28. The molecule has 15 heavy (non-hydrogen) atoms. The molecule has 1 fully saturated rings. The van der Waals surface area contributed by atoms with Crippen LogP contribution in [0.3, 0.4) is 0 Å². The number of hydrogen-bond donors (Lipinski definition) is 1. The number of piperidine rings is 1. The molecule has 0 amide bonds. The molecule has 1 saturated heterocycles. The molecule has 1 aliphatic heterocycles. The van der Waals surface area contributed by atoms with Gasteiger partial charge in [-0.25, -0.2) is 12.7 Å². The molecule has 0 spiro atoms. The molecule has 1 aliphatic rings. The molecule has 1 N–H and O–H groups in total. The number of sulfonamides is 1. The van der Waals surface area contributed by atoms with Crippen molar-refractivity contribution in [1.29, 1.82) is 0 Å². The van der Waals surface area contributed by atoms with Crippen LogP contribution < -0.4 is 5.32 Å². The summed E-state index contributed by atoms with van der Waals surface area (Å²) in [6.07, 6.45) is 2.03. The molecule has 1 rings (SSSR count). The van der Waals surface area contributed by atoms with Crippen LogP contribution in [0.1, 0.15) is 26.7 Å². The van der Waals surface area contributed by atoms with Crippen LogP contribution in [0.15, 0.2) is 0 Å². The third-order valence-electron chi connectivity index (χ3n) is 2.73. The highest BCUT2D eigenvalue weighted by molar-refractivity contribution is 7.89. The summed E-state index contributed by atoms with van der Waals surface area (Å²) < 4.78 is 25.5. The number of hydrogen-bond acceptors (Lipinski definition) is 3. The molecular weight excluding hydrogens is 212 g/mol. The van der Waals surface area contributed by atoms with E-state index in [1.165, 1.54) is 0 Å². The molecule has 0 aromatic rings. The Kier molecular flexibility index (Phi) is 4.55. The number of nitrogens with zero attached hydrogens (tertiary/aromatic N) is 1. The van der Waals surface area contributed by atoms with E-state index in [9.17, 15) is 8.42 Å². The van der Waals surface area contributed by atoms with Gasteiger partial charge < -0.3 is 5.32 Å². The molecule has 0 aromatic carbocycles. The maximum absolute atomic E-state index is 12.0. The molecule has 1 unspecified atom stereocenters. The Morgan fingerprint density at radius 2 is 2.13 bits per heavy atom. The third kappa shape index (κ3) is 3.74. The van der Waals surface area contributed by atoms with E-state index in [0.29, 0.717) is 19.1 Å². The minimum Gasteiger partial charge on any atom is -0.316 e. The monoisotopic (exact) mass is 234 g/mol. The van der Waals surface area contributed by atoms with E-state index in [2.05, 4.69) is 5.32 Å². The average Bonchev–Trinajstić information content (AvgIpc) is 2.16. The molecule has 0 bridgehead atoms. The van der Waals surface area contributed by atoms with Crippen LogP contribution in [0.25, 0.3) is 0 Å². The van der Waals surface area contributed by atoms with E-state index in [-0.39, 0.29) is 11.7 Å². The first kappa shape index (κ1) is 12.9. The Balaban J connectivity index is 2.62. The molecule has 5 heteroatoms. The fourth-order valence-corrected chi connectivity index (χ4v) is 3.82. The quantitative estimate of drug-likeness (QED) is 0.777. The minimum absolute atomic E-state index is 0.199. The van der Waals surface area contributed by atoms with Crippen molar-refractivity contribution in [2.24, 2.45) is 5.92 Å². The smallest absolute Gasteiger partial charge is 0.214 e. The number of rotatable bonds is 4. The van der Waals surface area contributed by atoms with Gasteiger partial charge in [-0.1, -0.05) is 13.8 Å². The van der Waals surface area contributed by atoms with Crippen LogP contribution in [0.5, 0.6) is 0 Å². The highest BCUT2D eigenvalue weighted by Crippen LogP contribution is 2.15. The lowest BCUT2D eigenvalue weighted by molar-refractivity contribution is 0.291. The van der Waals surface area contributed by atoms with Gasteiger partial charge in [-0.15, -0.1) is 0 Å². The van der Waals surface area contributed by atoms with Gasteiger partial charge >= 0.3 is 0 Å². The van der Waals surface area contributed by atoms with E-state index in [1.807, 2.05) is 20.9 Å². The number of likely N-dealkylation sites (N-methyl/N-ethyl adjacent to an activating group) is 1. The lowest BCUT2D eigenvalue weighted by Gasteiger charge is -2.32. The predicted octanol–water partition coefficient (Wildman–Crippen LogP) is 0.656. The first-order chi connectivity index (χ1) is 6.95. The zero-order valence-corrected chi connectivity index (χ0v) is 10.7. The van der Waals surface area contributed by atoms with Crippen LogP contribution in [-0.4, -0.2) is 44.7 Å². The van der Waals surface area contributed by atoms with Crippen molar-refractivity contribution in [3.05, 3.63) is 0 Å². The van der Waals surface area contributed by atoms with Crippen molar-refractivity contribution >= 4 is 10.0 Å². The standard InChI is InChI=1S/C10H22N2O2S/c1-9(2)8-15(13,14)12-6-4-5-10(7-12)11-3/h9-11H,4-8H2,1-3H3. The van der Waals surface area contributed by atoms with E-state index in [0.717, 1.165) is 12.8 Å². The van der Waals surface area contributed by atoms with Gasteiger partial charge in [0.15, 0.2) is 0 Å². The lowest BCUT2D eigenvalue weighted by atomic mass is 10.1. The molecule has 0 radical (unpaired) electrons. The zero-order valence-electron chi connectivity index (χ0n) is 9.86. The van der Waals surface area contributed by atoms with E-state index in [1.54, 1.807) is 4.31 Å². The normalized spacial score (nSPS) is 24.7. The molecule has 90 valence electrons. The Hall–Kier alpha value is -0.130. The molecule has 0 aromatic heterocycles. The van der Waals surface area contributed by atoms with E-state index in [4.69, 9.17) is 0 Å². The summed E-state index contributed by atoms with van der Waals surface area (Å²) in [5.74, 6) is 0.466. The van der Waals surface area contributed by atoms with Crippen molar-refractivity contribution in [1.82, 2.24) is 9.62 Å². The predicted molar refractivity (Wildman–Crippen MR) is 62.3 cm³/mol. The summed E-state index contributed by atoms with van der Waals surface area (Å²) >= 11 is 0. The van der Waals surface area contributed by atoms with Gasteiger partial charge in [-0.3, -0.25) is 0 Å². The van der Waals surface area contributed by atoms with Gasteiger partial charge in [0.05, 0.1) is 5.75 Å². The zero-order chi connectivity index (χ0) is 11.5. The van der Waals surface area contributed by atoms with Gasteiger partial charge in [0.1, 0.15) is 0 Å². The maximum atomic E-state index is 12.0. The van der Waals surface area contributed by atoms with Crippen molar-refractivity contribution < 1.29 is 8.42 Å². The Labute approximate surface area is 93.1 Å². The first-order valence-corrected chi connectivity index (χ1v) is 7.21. The first-order valence-electron chi connectivity index (χ1n) is 5.61. The van der Waals surface area contributed by atoms with Crippen molar-refractivity contribution in [3.8, 4) is 0 Å². The van der Waals surface area contributed by atoms with E-state index >= 15 is 0 Å². The topological polar surface area (TPSA) is 49.4 Å². The maximum Gasteiger partial charge on any atom is 0.214 e. The fraction of sp³-hybridized carbons (Fsp3) is 1.00. The molecular formula is C10H22N2O2S. The SMILES string of the molecule is CNC1CCCN(S(=O)(=O)CC(C)C)C1. The largest absolute Gasteiger partial charge is 0.316 e. The van der Waals surface area contributed by atoms with Crippen molar-refractivity contribution in [2.45, 2.75) is 32.7 Å². The Morgan fingerprint density at radius 3 is 2.67 bits per heavy atom. The lowest BCUT2D eigenvalue weighted by Crippen LogP contribution is -2.47. The molecule has 0 aliphatic carbocycles. The highest BCUT2D eigenvalue weighted by atomic mass is 32.2.